The summed E-state index contributed by atoms with van der Waals surface area (Å²) >= 11 is 0. The molecule has 0 aliphatic rings. The van der Waals surface area contributed by atoms with Gasteiger partial charge in [0.15, 0.2) is 0 Å². The fourth-order valence-electron chi connectivity index (χ4n) is 2.27. The van der Waals surface area contributed by atoms with E-state index in [9.17, 15) is 36.2 Å². The van der Waals surface area contributed by atoms with E-state index in [0.717, 1.165) is 0 Å². The largest absolute Gasteiger partial charge is 0.481 e. The summed E-state index contributed by atoms with van der Waals surface area (Å²) in [6.45, 7) is 0. The Kier molecular flexibility index (Phi) is 4.59. The molecule has 0 fully saturated rings. The first-order valence-corrected chi connectivity index (χ1v) is 6.57. The second-order valence-electron chi connectivity index (χ2n) is 5.02. The average molecular weight is 348 g/mol. The predicted octanol–water partition coefficient (Wildman–Crippen LogP) is 4.94. The highest BCUT2D eigenvalue weighted by molar-refractivity contribution is 5.80. The number of benzene rings is 2. The summed E-state index contributed by atoms with van der Waals surface area (Å²) in [7, 11) is 0. The van der Waals surface area contributed by atoms with E-state index < -0.39 is 40.9 Å². The van der Waals surface area contributed by atoms with Gasteiger partial charge in [-0.05, 0) is 29.3 Å². The Labute approximate surface area is 132 Å². The fourth-order valence-corrected chi connectivity index (χ4v) is 2.27. The Bertz CT molecular complexity index is 702. The third-order valence-corrected chi connectivity index (χ3v) is 3.32. The molecule has 8 heteroatoms. The van der Waals surface area contributed by atoms with E-state index in [-0.39, 0.29) is 11.6 Å². The molecule has 1 unspecified atom stereocenters. The number of halogens is 6. The molecule has 2 aromatic carbocycles. The summed E-state index contributed by atoms with van der Waals surface area (Å²) in [5, 5.41) is 9.31. The van der Waals surface area contributed by atoms with Crippen molar-refractivity contribution in [1.82, 2.24) is 0 Å². The average Bonchev–Trinajstić information content (AvgIpc) is 2.46. The van der Waals surface area contributed by atoms with Crippen LogP contribution in [0.15, 0.2) is 48.5 Å². The Morgan fingerprint density at radius 2 is 1.25 bits per heavy atom. The van der Waals surface area contributed by atoms with Gasteiger partial charge in [0, 0.05) is 0 Å². The van der Waals surface area contributed by atoms with Gasteiger partial charge in [-0.25, -0.2) is 0 Å². The summed E-state index contributed by atoms with van der Waals surface area (Å²) in [4.78, 5) is 11.5. The van der Waals surface area contributed by atoms with Gasteiger partial charge >= 0.3 is 18.3 Å². The smallest absolute Gasteiger partial charge is 0.416 e. The fraction of sp³-hybridized carbons (Fsp3) is 0.188. The molecule has 1 atom stereocenters. The summed E-state index contributed by atoms with van der Waals surface area (Å²) < 4.78 is 77.3. The quantitative estimate of drug-likeness (QED) is 0.798. The van der Waals surface area contributed by atoms with Crippen molar-refractivity contribution in [2.45, 2.75) is 18.3 Å². The molecule has 0 heterocycles. The number of carboxylic acids is 1. The zero-order valence-electron chi connectivity index (χ0n) is 11.8. The SMILES string of the molecule is O=C(O)C(c1ccccc1)c1cc(C(F)(F)F)cc(C(F)(F)F)c1. The van der Waals surface area contributed by atoms with Crippen molar-refractivity contribution >= 4 is 5.97 Å². The highest BCUT2D eigenvalue weighted by atomic mass is 19.4. The van der Waals surface area contributed by atoms with Crippen LogP contribution in [0.5, 0.6) is 0 Å². The van der Waals surface area contributed by atoms with Crippen LogP contribution in [-0.4, -0.2) is 11.1 Å². The first kappa shape index (κ1) is 17.8. The molecule has 2 rings (SSSR count). The van der Waals surface area contributed by atoms with Crippen LogP contribution in [0.1, 0.15) is 28.2 Å². The van der Waals surface area contributed by atoms with Gasteiger partial charge < -0.3 is 5.11 Å². The standard InChI is InChI=1S/C16H10F6O2/c17-15(18,19)11-6-10(7-12(8-11)16(20,21)22)13(14(23)24)9-4-2-1-3-5-9/h1-8,13H,(H,23,24). The van der Waals surface area contributed by atoms with Crippen molar-refractivity contribution in [2.24, 2.45) is 0 Å². The Balaban J connectivity index is 2.69. The second kappa shape index (κ2) is 6.18. The summed E-state index contributed by atoms with van der Waals surface area (Å²) in [6, 6.07) is 7.93. The van der Waals surface area contributed by atoms with E-state index >= 15 is 0 Å². The third kappa shape index (κ3) is 3.87. The summed E-state index contributed by atoms with van der Waals surface area (Å²) in [5.41, 5.74) is -3.60. The maximum atomic E-state index is 12.9. The van der Waals surface area contributed by atoms with E-state index in [1.807, 2.05) is 0 Å². The number of carbonyl (C=O) groups is 1. The van der Waals surface area contributed by atoms with Gasteiger partial charge in [0.1, 0.15) is 5.92 Å². The van der Waals surface area contributed by atoms with E-state index in [2.05, 4.69) is 0 Å². The number of alkyl halides is 6. The number of aliphatic carboxylic acids is 1. The molecule has 0 amide bonds. The summed E-state index contributed by atoms with van der Waals surface area (Å²) in [6.07, 6.45) is -10.1. The Morgan fingerprint density at radius 1 is 0.792 bits per heavy atom. The van der Waals surface area contributed by atoms with Crippen LogP contribution < -0.4 is 0 Å². The predicted molar refractivity (Wildman–Crippen MR) is 72.4 cm³/mol. The molecule has 24 heavy (non-hydrogen) atoms. The van der Waals surface area contributed by atoms with Gasteiger partial charge in [-0.3, -0.25) is 4.79 Å². The van der Waals surface area contributed by atoms with E-state index in [1.165, 1.54) is 24.3 Å². The van der Waals surface area contributed by atoms with Crippen molar-refractivity contribution in [1.29, 1.82) is 0 Å². The number of hydrogen-bond acceptors (Lipinski definition) is 1. The Morgan fingerprint density at radius 3 is 1.62 bits per heavy atom. The lowest BCUT2D eigenvalue weighted by atomic mass is 9.89. The monoisotopic (exact) mass is 348 g/mol. The van der Waals surface area contributed by atoms with Crippen LogP contribution in [0.25, 0.3) is 0 Å². The van der Waals surface area contributed by atoms with Crippen LogP contribution in [0.4, 0.5) is 26.3 Å². The third-order valence-electron chi connectivity index (χ3n) is 3.32. The number of carboxylic acid groups (broad SMARTS) is 1. The molecule has 0 aromatic heterocycles. The molecule has 0 bridgehead atoms. The lowest BCUT2D eigenvalue weighted by Crippen LogP contribution is -2.17. The maximum Gasteiger partial charge on any atom is 0.416 e. The minimum absolute atomic E-state index is 0.0343. The van der Waals surface area contributed by atoms with Crippen LogP contribution >= 0.6 is 0 Å². The minimum atomic E-state index is -5.03. The Hall–Kier alpha value is -2.51. The molecule has 0 radical (unpaired) electrons. The highest BCUT2D eigenvalue weighted by Gasteiger charge is 2.38. The lowest BCUT2D eigenvalue weighted by molar-refractivity contribution is -0.144. The van der Waals surface area contributed by atoms with E-state index in [1.54, 1.807) is 6.07 Å². The van der Waals surface area contributed by atoms with Gasteiger partial charge in [0.2, 0.25) is 0 Å². The highest BCUT2D eigenvalue weighted by Crippen LogP contribution is 2.38. The summed E-state index contributed by atoms with van der Waals surface area (Å²) in [5.74, 6) is -3.19. The van der Waals surface area contributed by atoms with Crippen molar-refractivity contribution in [2.75, 3.05) is 0 Å². The molecular formula is C16H10F6O2. The molecule has 2 aromatic rings. The van der Waals surface area contributed by atoms with Gasteiger partial charge in [-0.15, -0.1) is 0 Å². The van der Waals surface area contributed by atoms with Crippen molar-refractivity contribution in [3.63, 3.8) is 0 Å². The molecule has 0 aliphatic heterocycles. The second-order valence-corrected chi connectivity index (χ2v) is 5.02. The molecule has 0 spiro atoms. The van der Waals surface area contributed by atoms with Gasteiger partial charge in [0.25, 0.3) is 0 Å². The normalized spacial score (nSPS) is 13.6. The first-order valence-electron chi connectivity index (χ1n) is 6.57. The van der Waals surface area contributed by atoms with E-state index in [4.69, 9.17) is 0 Å². The number of hydrogen-bond donors (Lipinski definition) is 1. The molecule has 0 saturated carbocycles. The van der Waals surface area contributed by atoms with Gasteiger partial charge in [-0.1, -0.05) is 30.3 Å². The zero-order chi connectivity index (χ0) is 18.1. The molecular weight excluding hydrogens is 338 g/mol. The van der Waals surface area contributed by atoms with Crippen molar-refractivity contribution < 1.29 is 36.2 Å². The topological polar surface area (TPSA) is 37.3 Å². The number of rotatable bonds is 3. The first-order chi connectivity index (χ1) is 11.0. The zero-order valence-corrected chi connectivity index (χ0v) is 11.8. The molecule has 1 N–H and O–H groups in total. The molecule has 0 saturated heterocycles. The van der Waals surface area contributed by atoms with E-state index in [0.29, 0.717) is 12.1 Å². The van der Waals surface area contributed by atoms with Crippen LogP contribution in [0, 0.1) is 0 Å². The molecule has 128 valence electrons. The minimum Gasteiger partial charge on any atom is -0.481 e. The van der Waals surface area contributed by atoms with Crippen LogP contribution in [-0.2, 0) is 17.1 Å². The lowest BCUT2D eigenvalue weighted by Gasteiger charge is -2.18. The van der Waals surface area contributed by atoms with Crippen molar-refractivity contribution in [3.8, 4) is 0 Å². The maximum absolute atomic E-state index is 12.9. The van der Waals surface area contributed by atoms with Crippen molar-refractivity contribution in [3.05, 3.63) is 70.8 Å². The molecule has 0 aliphatic carbocycles. The van der Waals surface area contributed by atoms with Gasteiger partial charge in [0.05, 0.1) is 11.1 Å². The van der Waals surface area contributed by atoms with Gasteiger partial charge in [-0.2, -0.15) is 26.3 Å². The van der Waals surface area contributed by atoms with Crippen LogP contribution in [0.2, 0.25) is 0 Å². The van der Waals surface area contributed by atoms with Crippen LogP contribution in [0.3, 0.4) is 0 Å². The molecule has 2 nitrogen and oxygen atoms in total.